The average molecular weight is 282 g/mol. The fourth-order valence-corrected chi connectivity index (χ4v) is 2.49. The summed E-state index contributed by atoms with van der Waals surface area (Å²) in [4.78, 5) is 25.5. The molecular formula is C14H16ClNO3. The molecule has 1 saturated heterocycles. The third kappa shape index (κ3) is 2.73. The van der Waals surface area contributed by atoms with Crippen LogP contribution in [0.5, 0.6) is 0 Å². The number of hydrogen-bond acceptors (Lipinski definition) is 3. The lowest BCUT2D eigenvalue weighted by Gasteiger charge is -2.17. The molecule has 1 amide bonds. The fourth-order valence-electron chi connectivity index (χ4n) is 2.31. The summed E-state index contributed by atoms with van der Waals surface area (Å²) in [7, 11) is 1.37. The number of ether oxygens (including phenoxy) is 1. The van der Waals surface area contributed by atoms with Gasteiger partial charge >= 0.3 is 5.97 Å². The minimum absolute atomic E-state index is 0.0774. The summed E-state index contributed by atoms with van der Waals surface area (Å²) < 4.78 is 4.71. The Kier molecular flexibility index (Phi) is 4.10. The standard InChI is InChI=1S/C14H16ClNO3/c1-9-11(4-3-5-12(9)15)13(17)16-7-6-10(8-16)14(18)19-2/h3-5,10H,6-8H2,1-2H3. The maximum atomic E-state index is 12.4. The third-order valence-electron chi connectivity index (χ3n) is 3.51. The highest BCUT2D eigenvalue weighted by molar-refractivity contribution is 6.31. The van der Waals surface area contributed by atoms with Crippen molar-refractivity contribution in [1.82, 2.24) is 4.90 Å². The highest BCUT2D eigenvalue weighted by atomic mass is 35.5. The average Bonchev–Trinajstić information content (AvgIpc) is 2.90. The molecule has 0 spiro atoms. The summed E-state index contributed by atoms with van der Waals surface area (Å²) in [6.07, 6.45) is 0.651. The van der Waals surface area contributed by atoms with Crippen molar-refractivity contribution < 1.29 is 14.3 Å². The van der Waals surface area contributed by atoms with Gasteiger partial charge in [-0.2, -0.15) is 0 Å². The molecule has 5 heteroatoms. The lowest BCUT2D eigenvalue weighted by atomic mass is 10.1. The van der Waals surface area contributed by atoms with E-state index in [9.17, 15) is 9.59 Å². The molecule has 1 aliphatic heterocycles. The van der Waals surface area contributed by atoms with E-state index in [0.29, 0.717) is 30.1 Å². The van der Waals surface area contributed by atoms with Gasteiger partial charge in [-0.15, -0.1) is 0 Å². The van der Waals surface area contributed by atoms with Gasteiger partial charge in [0.05, 0.1) is 13.0 Å². The molecule has 0 aliphatic carbocycles. The lowest BCUT2D eigenvalue weighted by Crippen LogP contribution is -2.30. The van der Waals surface area contributed by atoms with Gasteiger partial charge in [0.1, 0.15) is 0 Å². The molecule has 1 aromatic rings. The Bertz CT molecular complexity index is 515. The Morgan fingerprint density at radius 2 is 2.16 bits per heavy atom. The Hall–Kier alpha value is -1.55. The molecule has 0 radical (unpaired) electrons. The van der Waals surface area contributed by atoms with Crippen LogP contribution in [0.15, 0.2) is 18.2 Å². The molecular weight excluding hydrogens is 266 g/mol. The Morgan fingerprint density at radius 1 is 1.42 bits per heavy atom. The maximum absolute atomic E-state index is 12.4. The van der Waals surface area contributed by atoms with Crippen molar-refractivity contribution in [2.75, 3.05) is 20.2 Å². The molecule has 2 rings (SSSR count). The predicted octanol–water partition coefficient (Wildman–Crippen LogP) is 2.28. The molecule has 4 nitrogen and oxygen atoms in total. The van der Waals surface area contributed by atoms with Gasteiger partial charge < -0.3 is 9.64 Å². The number of halogens is 1. The molecule has 0 saturated carbocycles. The first-order chi connectivity index (χ1) is 9.04. The molecule has 102 valence electrons. The second kappa shape index (κ2) is 5.61. The molecule has 1 aliphatic rings. The van der Waals surface area contributed by atoms with Gasteiger partial charge in [-0.05, 0) is 31.0 Å². The minimum Gasteiger partial charge on any atom is -0.469 e. The number of esters is 1. The number of methoxy groups -OCH3 is 1. The second-order valence-electron chi connectivity index (χ2n) is 4.67. The summed E-state index contributed by atoms with van der Waals surface area (Å²) in [6.45, 7) is 2.81. The second-order valence-corrected chi connectivity index (χ2v) is 5.08. The molecule has 1 fully saturated rings. The van der Waals surface area contributed by atoms with Gasteiger partial charge in [-0.1, -0.05) is 17.7 Å². The first kappa shape index (κ1) is 13.9. The van der Waals surface area contributed by atoms with Crippen molar-refractivity contribution in [1.29, 1.82) is 0 Å². The fraction of sp³-hybridized carbons (Fsp3) is 0.429. The molecule has 0 bridgehead atoms. The summed E-state index contributed by atoms with van der Waals surface area (Å²) in [5.41, 5.74) is 1.37. The van der Waals surface area contributed by atoms with E-state index in [1.54, 1.807) is 23.1 Å². The highest BCUT2D eigenvalue weighted by Crippen LogP contribution is 2.24. The van der Waals surface area contributed by atoms with E-state index in [1.807, 2.05) is 6.92 Å². The predicted molar refractivity (Wildman–Crippen MR) is 72.2 cm³/mol. The molecule has 19 heavy (non-hydrogen) atoms. The molecule has 0 aromatic heterocycles. The Labute approximate surface area is 117 Å². The van der Waals surface area contributed by atoms with Gasteiger partial charge in [-0.25, -0.2) is 0 Å². The van der Waals surface area contributed by atoms with Crippen molar-refractivity contribution in [3.05, 3.63) is 34.3 Å². The molecule has 1 heterocycles. The Balaban J connectivity index is 2.14. The van der Waals surface area contributed by atoms with Gasteiger partial charge in [0.25, 0.3) is 5.91 Å². The van der Waals surface area contributed by atoms with E-state index in [-0.39, 0.29) is 17.8 Å². The van der Waals surface area contributed by atoms with Crippen LogP contribution in [0.2, 0.25) is 5.02 Å². The topological polar surface area (TPSA) is 46.6 Å². The monoisotopic (exact) mass is 281 g/mol. The largest absolute Gasteiger partial charge is 0.469 e. The van der Waals surface area contributed by atoms with E-state index in [0.717, 1.165) is 5.56 Å². The highest BCUT2D eigenvalue weighted by Gasteiger charge is 2.32. The van der Waals surface area contributed by atoms with Crippen LogP contribution >= 0.6 is 11.6 Å². The van der Waals surface area contributed by atoms with Gasteiger partial charge in [0.2, 0.25) is 0 Å². The first-order valence-corrected chi connectivity index (χ1v) is 6.54. The minimum atomic E-state index is -0.252. The number of rotatable bonds is 2. The van der Waals surface area contributed by atoms with Crippen LogP contribution in [0.1, 0.15) is 22.3 Å². The smallest absolute Gasteiger partial charge is 0.310 e. The number of amides is 1. The zero-order valence-corrected chi connectivity index (χ0v) is 11.7. The van der Waals surface area contributed by atoms with Crippen LogP contribution in [0, 0.1) is 12.8 Å². The summed E-state index contributed by atoms with van der Waals surface area (Å²) in [6, 6.07) is 5.28. The van der Waals surface area contributed by atoms with E-state index >= 15 is 0 Å². The van der Waals surface area contributed by atoms with Crippen molar-refractivity contribution in [3.63, 3.8) is 0 Å². The molecule has 0 N–H and O–H groups in total. The van der Waals surface area contributed by atoms with E-state index in [1.165, 1.54) is 7.11 Å². The molecule has 1 aromatic carbocycles. The van der Waals surface area contributed by atoms with Crippen LogP contribution in [0.4, 0.5) is 0 Å². The first-order valence-electron chi connectivity index (χ1n) is 6.16. The van der Waals surface area contributed by atoms with Crippen molar-refractivity contribution in [2.24, 2.45) is 5.92 Å². The number of carbonyl (C=O) groups excluding carboxylic acids is 2. The molecule has 1 atom stereocenters. The number of hydrogen-bond donors (Lipinski definition) is 0. The van der Waals surface area contributed by atoms with E-state index in [4.69, 9.17) is 16.3 Å². The van der Waals surface area contributed by atoms with E-state index in [2.05, 4.69) is 0 Å². The number of likely N-dealkylation sites (tertiary alicyclic amines) is 1. The zero-order valence-electron chi connectivity index (χ0n) is 11.0. The lowest BCUT2D eigenvalue weighted by molar-refractivity contribution is -0.144. The summed E-state index contributed by atoms with van der Waals surface area (Å²) in [5, 5.41) is 0.578. The van der Waals surface area contributed by atoms with Crippen LogP contribution in [0.3, 0.4) is 0 Å². The third-order valence-corrected chi connectivity index (χ3v) is 3.92. The SMILES string of the molecule is COC(=O)C1CCN(C(=O)c2cccc(Cl)c2C)C1. The van der Waals surface area contributed by atoms with Crippen molar-refractivity contribution in [3.8, 4) is 0 Å². The van der Waals surface area contributed by atoms with Crippen molar-refractivity contribution in [2.45, 2.75) is 13.3 Å². The Morgan fingerprint density at radius 3 is 2.84 bits per heavy atom. The van der Waals surface area contributed by atoms with Gasteiger partial charge in [0.15, 0.2) is 0 Å². The normalized spacial score (nSPS) is 18.5. The van der Waals surface area contributed by atoms with Crippen LogP contribution in [0.25, 0.3) is 0 Å². The van der Waals surface area contributed by atoms with Crippen LogP contribution < -0.4 is 0 Å². The number of nitrogens with zero attached hydrogens (tertiary/aromatic N) is 1. The summed E-state index contributed by atoms with van der Waals surface area (Å²) >= 11 is 6.02. The number of benzene rings is 1. The van der Waals surface area contributed by atoms with Gasteiger partial charge in [0, 0.05) is 23.7 Å². The van der Waals surface area contributed by atoms with Gasteiger partial charge in [-0.3, -0.25) is 9.59 Å². The summed E-state index contributed by atoms with van der Waals surface area (Å²) in [5.74, 6) is -0.544. The van der Waals surface area contributed by atoms with Crippen LogP contribution in [-0.4, -0.2) is 37.0 Å². The maximum Gasteiger partial charge on any atom is 0.310 e. The number of carbonyl (C=O) groups is 2. The van der Waals surface area contributed by atoms with E-state index < -0.39 is 0 Å². The molecule has 1 unspecified atom stereocenters. The van der Waals surface area contributed by atoms with Crippen molar-refractivity contribution >= 4 is 23.5 Å². The zero-order chi connectivity index (χ0) is 14.0. The van der Waals surface area contributed by atoms with Crippen LogP contribution in [-0.2, 0) is 9.53 Å². The quantitative estimate of drug-likeness (QED) is 0.782.